The molecule has 0 saturated heterocycles. The van der Waals surface area contributed by atoms with E-state index in [1.807, 2.05) is 0 Å². The van der Waals surface area contributed by atoms with E-state index >= 15 is 0 Å². The maximum Gasteiger partial charge on any atom is 1.00 e. The number of hydrogen-bond donors (Lipinski definition) is 0. The molecule has 0 aliphatic rings. The summed E-state index contributed by atoms with van der Waals surface area (Å²) in [6.45, 7) is 3.63. The number of esters is 2. The first-order chi connectivity index (χ1) is 7.65. The molecule has 0 N–H and O–H groups in total. The Balaban J connectivity index is 0. The molecule has 0 radical (unpaired) electrons. The minimum absolute atomic E-state index is 0. The summed E-state index contributed by atoms with van der Waals surface area (Å²) in [5, 5.41) is 11.7. The molecule has 0 amide bonds. The zero-order chi connectivity index (χ0) is 12.4. The van der Waals surface area contributed by atoms with E-state index in [2.05, 4.69) is 18.8 Å². The van der Waals surface area contributed by atoms with E-state index in [0.29, 0.717) is 12.0 Å². The average Bonchev–Trinajstić information content (AvgIpc) is 2.24. The topological polar surface area (TPSA) is 94.1 Å². The molecular formula is C8H13NaO7S. The number of carbonyl (C=O) groups excluding carboxylic acids is 2. The van der Waals surface area contributed by atoms with E-state index < -0.39 is 17.2 Å². The summed E-state index contributed by atoms with van der Waals surface area (Å²) in [6.07, 6.45) is -0.249. The maximum absolute atomic E-state index is 11.3. The minimum Gasteiger partial charge on any atom is -0.691 e. The van der Waals surface area contributed by atoms with Gasteiger partial charge in [-0.05, 0) is 13.8 Å². The van der Waals surface area contributed by atoms with E-state index in [0.717, 1.165) is 0 Å². The molecule has 0 aromatic carbocycles. The molecule has 9 heteroatoms. The van der Waals surface area contributed by atoms with Crippen LogP contribution in [-0.4, -0.2) is 30.4 Å². The molecule has 0 aromatic heterocycles. The minimum atomic E-state index is -0.979. The molecule has 0 aliphatic heterocycles. The molecule has 1 atom stereocenters. The van der Waals surface area contributed by atoms with Crippen LogP contribution in [0.25, 0.3) is 0 Å². The molecule has 0 heterocycles. The molecule has 0 bridgehead atoms. The van der Waals surface area contributed by atoms with Gasteiger partial charge in [-0.2, -0.15) is 4.33 Å². The quantitative estimate of drug-likeness (QED) is 0.150. The van der Waals surface area contributed by atoms with Crippen molar-refractivity contribution in [2.45, 2.75) is 25.5 Å². The summed E-state index contributed by atoms with van der Waals surface area (Å²) in [7, 11) is 0. The van der Waals surface area contributed by atoms with Gasteiger partial charge in [0.1, 0.15) is 5.25 Å². The van der Waals surface area contributed by atoms with Crippen LogP contribution in [0.5, 0.6) is 0 Å². The first-order valence-corrected chi connectivity index (χ1v) is 5.40. The maximum atomic E-state index is 11.3. The second-order valence-corrected chi connectivity index (χ2v) is 3.38. The molecule has 0 aromatic rings. The third-order valence-corrected chi connectivity index (χ3v) is 2.12. The Hall–Kier alpha value is 0.170. The molecule has 1 unspecified atom stereocenters. The molecule has 0 fully saturated rings. The van der Waals surface area contributed by atoms with Crippen molar-refractivity contribution >= 4 is 24.0 Å². The van der Waals surface area contributed by atoms with Crippen LogP contribution in [0, 0.1) is 0 Å². The van der Waals surface area contributed by atoms with E-state index in [1.54, 1.807) is 13.8 Å². The first kappa shape index (κ1) is 19.5. The Morgan fingerprint density at radius 2 is 1.82 bits per heavy atom. The monoisotopic (exact) mass is 276 g/mol. The molecule has 0 spiro atoms. The van der Waals surface area contributed by atoms with E-state index in [-0.39, 0.29) is 49.2 Å². The summed E-state index contributed by atoms with van der Waals surface area (Å²) < 4.78 is 13.3. The predicted molar refractivity (Wildman–Crippen MR) is 51.4 cm³/mol. The molecule has 0 rings (SSSR count). The van der Waals surface area contributed by atoms with Crippen molar-refractivity contribution in [1.29, 1.82) is 0 Å². The van der Waals surface area contributed by atoms with Crippen molar-refractivity contribution in [3.63, 3.8) is 0 Å². The molecule has 7 nitrogen and oxygen atoms in total. The van der Waals surface area contributed by atoms with Gasteiger partial charge in [0, 0.05) is 12.0 Å². The van der Waals surface area contributed by atoms with Gasteiger partial charge in [0.25, 0.3) is 0 Å². The standard InChI is InChI=1S/C8H14O7S.Na/c1-3-12-7(9)5-6(16-15-14-11)8(10)13-4-2;/h6,11H,3-5H2,1-2H3;/q;+1/p-1. The number of carbonyl (C=O) groups is 2. The second kappa shape index (κ2) is 12.6. The van der Waals surface area contributed by atoms with Crippen molar-refractivity contribution < 1.29 is 63.2 Å². The van der Waals surface area contributed by atoms with Crippen molar-refractivity contribution in [1.82, 2.24) is 0 Å². The molecule has 94 valence electrons. The van der Waals surface area contributed by atoms with E-state index in [4.69, 9.17) is 0 Å². The zero-order valence-electron chi connectivity index (χ0n) is 9.96. The van der Waals surface area contributed by atoms with Crippen LogP contribution in [-0.2, 0) is 28.4 Å². The van der Waals surface area contributed by atoms with E-state index in [1.165, 1.54) is 0 Å². The van der Waals surface area contributed by atoms with Crippen LogP contribution in [0.1, 0.15) is 20.3 Å². The summed E-state index contributed by atoms with van der Waals surface area (Å²) in [5.41, 5.74) is 0. The zero-order valence-corrected chi connectivity index (χ0v) is 12.8. The van der Waals surface area contributed by atoms with Gasteiger partial charge < -0.3 is 14.7 Å². The SMILES string of the molecule is CCOC(=O)CC(SOO[O-])C(=O)OCC.[Na+]. The fourth-order valence-electron chi connectivity index (χ4n) is 0.827. The van der Waals surface area contributed by atoms with Crippen LogP contribution < -0.4 is 34.8 Å². The van der Waals surface area contributed by atoms with Gasteiger partial charge in [0.05, 0.1) is 19.6 Å². The van der Waals surface area contributed by atoms with Gasteiger partial charge in [-0.1, -0.05) is 0 Å². The molecular weight excluding hydrogens is 263 g/mol. The van der Waals surface area contributed by atoms with Crippen LogP contribution in [0.2, 0.25) is 0 Å². The van der Waals surface area contributed by atoms with Crippen molar-refractivity contribution in [3.05, 3.63) is 0 Å². The van der Waals surface area contributed by atoms with Gasteiger partial charge in [-0.25, -0.2) is 0 Å². The average molecular weight is 276 g/mol. The Kier molecular flexibility index (Phi) is 14.5. The van der Waals surface area contributed by atoms with Gasteiger partial charge in [-0.15, -0.1) is 0 Å². The van der Waals surface area contributed by atoms with Crippen LogP contribution >= 0.6 is 12.0 Å². The van der Waals surface area contributed by atoms with Gasteiger partial charge in [0.15, 0.2) is 0 Å². The fourth-order valence-corrected chi connectivity index (χ4v) is 1.30. The molecule has 0 saturated carbocycles. The van der Waals surface area contributed by atoms with E-state index in [9.17, 15) is 14.8 Å². The fraction of sp³-hybridized carbons (Fsp3) is 0.750. The Bertz CT molecular complexity index is 226. The predicted octanol–water partition coefficient (Wildman–Crippen LogP) is -3.25. The summed E-state index contributed by atoms with van der Waals surface area (Å²) in [5.74, 6) is -1.25. The van der Waals surface area contributed by atoms with Crippen LogP contribution in [0.3, 0.4) is 0 Å². The number of ether oxygens (including phenoxy) is 2. The largest absolute Gasteiger partial charge is 1.00 e. The van der Waals surface area contributed by atoms with Gasteiger partial charge in [0.2, 0.25) is 0 Å². The van der Waals surface area contributed by atoms with Crippen LogP contribution in [0.4, 0.5) is 0 Å². The molecule has 0 aliphatic carbocycles. The summed E-state index contributed by atoms with van der Waals surface area (Å²) in [4.78, 5) is 22.4. The van der Waals surface area contributed by atoms with Gasteiger partial charge >= 0.3 is 41.5 Å². The summed E-state index contributed by atoms with van der Waals surface area (Å²) >= 11 is 0.414. The Morgan fingerprint density at radius 3 is 2.29 bits per heavy atom. The Labute approximate surface area is 125 Å². The first-order valence-electron chi connectivity index (χ1n) is 4.59. The van der Waals surface area contributed by atoms with Crippen molar-refractivity contribution in [2.75, 3.05) is 13.2 Å². The van der Waals surface area contributed by atoms with Gasteiger partial charge in [-0.3, -0.25) is 14.6 Å². The van der Waals surface area contributed by atoms with Crippen molar-refractivity contribution in [3.8, 4) is 0 Å². The summed E-state index contributed by atoms with van der Waals surface area (Å²) in [6, 6.07) is 0. The third kappa shape index (κ3) is 9.83. The normalized spacial score (nSPS) is 11.2. The number of rotatable bonds is 8. The second-order valence-electron chi connectivity index (χ2n) is 2.48. The number of hydrogen-bond acceptors (Lipinski definition) is 8. The van der Waals surface area contributed by atoms with Crippen LogP contribution in [0.15, 0.2) is 0 Å². The van der Waals surface area contributed by atoms with Crippen molar-refractivity contribution in [2.24, 2.45) is 0 Å². The Morgan fingerprint density at radius 1 is 1.24 bits per heavy atom. The molecule has 17 heavy (non-hydrogen) atoms. The smallest absolute Gasteiger partial charge is 0.691 e. The third-order valence-electron chi connectivity index (χ3n) is 1.39.